The number of morpholine rings is 1. The van der Waals surface area contributed by atoms with E-state index in [1.54, 1.807) is 29.2 Å². The van der Waals surface area contributed by atoms with Gasteiger partial charge in [0.1, 0.15) is 0 Å². The van der Waals surface area contributed by atoms with Gasteiger partial charge in [0.05, 0.1) is 25.5 Å². The van der Waals surface area contributed by atoms with E-state index in [-0.39, 0.29) is 18.2 Å². The minimum atomic E-state index is -3.50. The van der Waals surface area contributed by atoms with Crippen molar-refractivity contribution >= 4 is 15.9 Å². The van der Waals surface area contributed by atoms with E-state index in [1.165, 1.54) is 0 Å². The van der Waals surface area contributed by atoms with Gasteiger partial charge in [-0.25, -0.2) is 13.1 Å². The lowest BCUT2D eigenvalue weighted by Crippen LogP contribution is -2.45. The van der Waals surface area contributed by atoms with E-state index < -0.39 is 10.0 Å². The first-order valence-electron chi connectivity index (χ1n) is 6.44. The third kappa shape index (κ3) is 4.59. The molecular weight excluding hydrogens is 280 g/mol. The van der Waals surface area contributed by atoms with Crippen molar-refractivity contribution < 1.29 is 17.9 Å². The molecule has 110 valence electrons. The van der Waals surface area contributed by atoms with E-state index in [4.69, 9.17) is 4.74 Å². The number of carbonyl (C=O) groups excluding carboxylic acids is 1. The Labute approximate surface area is 118 Å². The van der Waals surface area contributed by atoms with Crippen molar-refractivity contribution in [1.29, 1.82) is 0 Å². The van der Waals surface area contributed by atoms with Crippen LogP contribution in [0.1, 0.15) is 5.56 Å². The topological polar surface area (TPSA) is 75.7 Å². The molecular formula is C13H18N2O4S. The van der Waals surface area contributed by atoms with Gasteiger partial charge < -0.3 is 9.64 Å². The van der Waals surface area contributed by atoms with Crippen LogP contribution in [0.4, 0.5) is 0 Å². The molecule has 0 unspecified atom stereocenters. The summed E-state index contributed by atoms with van der Waals surface area (Å²) in [5.74, 6) is -0.338. The Morgan fingerprint density at radius 1 is 1.20 bits per heavy atom. The molecule has 1 amide bonds. The molecule has 0 aromatic heterocycles. The number of nitrogens with zero attached hydrogens (tertiary/aromatic N) is 1. The number of hydrogen-bond donors (Lipinski definition) is 1. The molecule has 1 aromatic rings. The molecule has 1 aliphatic heterocycles. The molecule has 20 heavy (non-hydrogen) atoms. The highest BCUT2D eigenvalue weighted by atomic mass is 32.2. The van der Waals surface area contributed by atoms with Crippen LogP contribution in [0.25, 0.3) is 0 Å². The monoisotopic (exact) mass is 298 g/mol. The fourth-order valence-corrected chi connectivity index (χ4v) is 3.02. The van der Waals surface area contributed by atoms with Crippen LogP contribution < -0.4 is 4.72 Å². The highest BCUT2D eigenvalue weighted by molar-refractivity contribution is 7.88. The SMILES string of the molecule is O=C(CNS(=O)(=O)Cc1ccccc1)N1CCOCC1. The molecule has 2 rings (SSSR count). The summed E-state index contributed by atoms with van der Waals surface area (Å²) in [6, 6.07) is 8.87. The van der Waals surface area contributed by atoms with Crippen LogP contribution in [0.15, 0.2) is 30.3 Å². The minimum Gasteiger partial charge on any atom is -0.378 e. The van der Waals surface area contributed by atoms with Crippen LogP contribution in [0.3, 0.4) is 0 Å². The molecule has 1 fully saturated rings. The Kier molecular flexibility index (Phi) is 5.11. The number of benzene rings is 1. The molecule has 0 saturated carbocycles. The summed E-state index contributed by atoms with van der Waals surface area (Å²) in [6.07, 6.45) is 0. The predicted octanol–water partition coefficient (Wildman–Crippen LogP) is -0.0352. The molecule has 1 aromatic carbocycles. The molecule has 7 heteroatoms. The van der Waals surface area contributed by atoms with Crippen LogP contribution >= 0.6 is 0 Å². The second kappa shape index (κ2) is 6.83. The maximum Gasteiger partial charge on any atom is 0.237 e. The van der Waals surface area contributed by atoms with Crippen LogP contribution in [-0.4, -0.2) is 52.1 Å². The van der Waals surface area contributed by atoms with Crippen molar-refractivity contribution in [1.82, 2.24) is 9.62 Å². The van der Waals surface area contributed by atoms with Gasteiger partial charge in [0.15, 0.2) is 0 Å². The number of carbonyl (C=O) groups is 1. The highest BCUT2D eigenvalue weighted by Crippen LogP contribution is 2.04. The number of rotatable bonds is 5. The van der Waals surface area contributed by atoms with Crippen molar-refractivity contribution in [3.05, 3.63) is 35.9 Å². The van der Waals surface area contributed by atoms with Gasteiger partial charge in [-0.1, -0.05) is 30.3 Å². The maximum atomic E-state index is 11.9. The Morgan fingerprint density at radius 2 is 1.85 bits per heavy atom. The van der Waals surface area contributed by atoms with E-state index in [0.29, 0.717) is 31.9 Å². The first-order chi connectivity index (χ1) is 9.57. The predicted molar refractivity (Wildman–Crippen MR) is 74.5 cm³/mol. The first-order valence-corrected chi connectivity index (χ1v) is 8.09. The van der Waals surface area contributed by atoms with Crippen LogP contribution in [0.2, 0.25) is 0 Å². The van der Waals surface area contributed by atoms with Gasteiger partial charge in [0.2, 0.25) is 15.9 Å². The van der Waals surface area contributed by atoms with Crippen molar-refractivity contribution in [2.24, 2.45) is 0 Å². The van der Waals surface area contributed by atoms with E-state index in [0.717, 1.165) is 0 Å². The zero-order valence-electron chi connectivity index (χ0n) is 11.1. The zero-order chi connectivity index (χ0) is 14.4. The molecule has 0 bridgehead atoms. The van der Waals surface area contributed by atoms with E-state index in [2.05, 4.69) is 4.72 Å². The maximum absolute atomic E-state index is 11.9. The number of ether oxygens (including phenoxy) is 1. The van der Waals surface area contributed by atoms with Crippen molar-refractivity contribution in [3.8, 4) is 0 Å². The molecule has 1 saturated heterocycles. The lowest BCUT2D eigenvalue weighted by Gasteiger charge is -2.26. The third-order valence-electron chi connectivity index (χ3n) is 3.01. The molecule has 1 heterocycles. The lowest BCUT2D eigenvalue weighted by molar-refractivity contribution is -0.133. The van der Waals surface area contributed by atoms with Gasteiger partial charge in [0, 0.05) is 13.1 Å². The van der Waals surface area contributed by atoms with Gasteiger partial charge in [0.25, 0.3) is 0 Å². The highest BCUT2D eigenvalue weighted by Gasteiger charge is 2.19. The number of sulfonamides is 1. The summed E-state index contributed by atoms with van der Waals surface area (Å²) in [4.78, 5) is 13.4. The fourth-order valence-electron chi connectivity index (χ4n) is 1.94. The van der Waals surface area contributed by atoms with Crippen molar-refractivity contribution in [2.75, 3.05) is 32.8 Å². The van der Waals surface area contributed by atoms with E-state index >= 15 is 0 Å². The Hall–Kier alpha value is -1.44. The summed E-state index contributed by atoms with van der Waals surface area (Å²) >= 11 is 0. The summed E-state index contributed by atoms with van der Waals surface area (Å²) < 4.78 is 31.2. The van der Waals surface area contributed by atoms with Crippen LogP contribution in [0.5, 0.6) is 0 Å². The molecule has 0 aliphatic carbocycles. The number of amides is 1. The molecule has 0 spiro atoms. The van der Waals surface area contributed by atoms with Crippen molar-refractivity contribution in [2.45, 2.75) is 5.75 Å². The zero-order valence-corrected chi connectivity index (χ0v) is 11.9. The Bertz CT molecular complexity index is 539. The molecule has 6 nitrogen and oxygen atoms in total. The summed E-state index contributed by atoms with van der Waals surface area (Å²) in [7, 11) is -3.50. The normalized spacial score (nSPS) is 16.1. The lowest BCUT2D eigenvalue weighted by atomic mass is 10.2. The van der Waals surface area contributed by atoms with Gasteiger partial charge >= 0.3 is 0 Å². The Balaban J connectivity index is 1.84. The quantitative estimate of drug-likeness (QED) is 0.828. The largest absolute Gasteiger partial charge is 0.378 e. The van der Waals surface area contributed by atoms with E-state index in [1.807, 2.05) is 6.07 Å². The summed E-state index contributed by atoms with van der Waals surface area (Å²) in [6.45, 7) is 1.83. The number of nitrogens with one attached hydrogen (secondary N) is 1. The molecule has 1 aliphatic rings. The standard InChI is InChI=1S/C13H18N2O4S/c16-13(15-6-8-19-9-7-15)10-14-20(17,18)11-12-4-2-1-3-5-12/h1-5,14H,6-11H2. The third-order valence-corrected chi connectivity index (χ3v) is 4.30. The van der Waals surface area contributed by atoms with Gasteiger partial charge in [-0.05, 0) is 5.56 Å². The molecule has 0 atom stereocenters. The molecule has 1 N–H and O–H groups in total. The summed E-state index contributed by atoms with van der Waals surface area (Å²) in [5, 5.41) is 0. The smallest absolute Gasteiger partial charge is 0.237 e. The molecule has 0 radical (unpaired) electrons. The second-order valence-corrected chi connectivity index (χ2v) is 6.37. The second-order valence-electron chi connectivity index (χ2n) is 4.56. The Morgan fingerprint density at radius 3 is 2.50 bits per heavy atom. The van der Waals surface area contributed by atoms with Gasteiger partial charge in [-0.15, -0.1) is 0 Å². The van der Waals surface area contributed by atoms with Crippen LogP contribution in [0, 0.1) is 0 Å². The average Bonchev–Trinajstić information content (AvgIpc) is 2.46. The van der Waals surface area contributed by atoms with E-state index in [9.17, 15) is 13.2 Å². The number of hydrogen-bond acceptors (Lipinski definition) is 4. The first kappa shape index (κ1) is 15.0. The minimum absolute atomic E-state index is 0.121. The van der Waals surface area contributed by atoms with Gasteiger partial charge in [-0.3, -0.25) is 4.79 Å². The van der Waals surface area contributed by atoms with Crippen LogP contribution in [-0.2, 0) is 25.3 Å². The fraction of sp³-hybridized carbons (Fsp3) is 0.462. The average molecular weight is 298 g/mol. The van der Waals surface area contributed by atoms with Crippen molar-refractivity contribution in [3.63, 3.8) is 0 Å². The van der Waals surface area contributed by atoms with Gasteiger partial charge in [-0.2, -0.15) is 0 Å². The summed E-state index contributed by atoms with van der Waals surface area (Å²) in [5.41, 5.74) is 0.693.